The van der Waals surface area contributed by atoms with Crippen molar-refractivity contribution in [3.63, 3.8) is 0 Å². The zero-order valence-electron chi connectivity index (χ0n) is 6.37. The molecule has 0 saturated heterocycles. The first-order valence-corrected chi connectivity index (χ1v) is 3.83. The highest BCUT2D eigenvalue weighted by atomic mass is 32.1. The molecule has 0 aliphatic rings. The summed E-state index contributed by atoms with van der Waals surface area (Å²) in [6, 6.07) is 8.22. The van der Waals surface area contributed by atoms with Crippen LogP contribution in [-0.4, -0.2) is 5.16 Å². The molecule has 0 unspecified atom stereocenters. The molecular weight excluding hydrogens is 154 g/mol. The van der Waals surface area contributed by atoms with Crippen molar-refractivity contribution in [2.24, 2.45) is 4.99 Å². The topological polar surface area (TPSA) is 12.4 Å². The summed E-state index contributed by atoms with van der Waals surface area (Å²) >= 11 is 4.46. The van der Waals surface area contributed by atoms with Crippen molar-refractivity contribution >= 4 is 17.4 Å². The van der Waals surface area contributed by atoms with Crippen molar-refractivity contribution in [1.29, 1.82) is 0 Å². The quantitative estimate of drug-likeness (QED) is 0.482. The van der Waals surface area contributed by atoms with Crippen molar-refractivity contribution in [3.05, 3.63) is 35.4 Å². The van der Waals surface area contributed by atoms with Crippen LogP contribution in [0.4, 0.5) is 0 Å². The molecule has 0 spiro atoms. The summed E-state index contributed by atoms with van der Waals surface area (Å²) < 4.78 is 0. The van der Waals surface area contributed by atoms with Gasteiger partial charge >= 0.3 is 0 Å². The van der Waals surface area contributed by atoms with Crippen molar-refractivity contribution < 1.29 is 0 Å². The van der Waals surface area contributed by atoms with Gasteiger partial charge in [-0.1, -0.05) is 29.8 Å². The van der Waals surface area contributed by atoms with Crippen molar-refractivity contribution in [2.75, 3.05) is 0 Å². The minimum atomic E-state index is 0.643. The fourth-order valence-electron chi connectivity index (χ4n) is 0.817. The molecule has 0 aliphatic carbocycles. The number of isothiocyanates is 1. The molecule has 0 aliphatic heterocycles. The van der Waals surface area contributed by atoms with Crippen molar-refractivity contribution in [2.45, 2.75) is 13.5 Å². The van der Waals surface area contributed by atoms with E-state index >= 15 is 0 Å². The van der Waals surface area contributed by atoms with Gasteiger partial charge in [-0.2, -0.15) is 0 Å². The number of thiocarbonyl (C=S) groups is 1. The van der Waals surface area contributed by atoms with E-state index in [9.17, 15) is 0 Å². The molecule has 11 heavy (non-hydrogen) atoms. The molecule has 0 bridgehead atoms. The Balaban J connectivity index is 2.73. The second-order valence-electron chi connectivity index (χ2n) is 2.39. The van der Waals surface area contributed by atoms with Gasteiger partial charge in [0.15, 0.2) is 0 Å². The van der Waals surface area contributed by atoms with Gasteiger partial charge in [-0.05, 0) is 24.7 Å². The molecule has 0 fully saturated rings. The Hall–Kier alpha value is -0.980. The van der Waals surface area contributed by atoms with Crippen LogP contribution < -0.4 is 0 Å². The average Bonchev–Trinajstić information content (AvgIpc) is 2.04. The Bertz CT molecular complexity index is 270. The van der Waals surface area contributed by atoms with Gasteiger partial charge in [0.05, 0.1) is 11.7 Å². The third-order valence-corrected chi connectivity index (χ3v) is 1.58. The van der Waals surface area contributed by atoms with E-state index in [-0.39, 0.29) is 0 Å². The summed E-state index contributed by atoms with van der Waals surface area (Å²) in [4.78, 5) is 3.84. The number of rotatable bonds is 2. The van der Waals surface area contributed by atoms with Crippen LogP contribution in [0.15, 0.2) is 29.3 Å². The Morgan fingerprint density at radius 3 is 2.55 bits per heavy atom. The van der Waals surface area contributed by atoms with E-state index in [4.69, 9.17) is 0 Å². The predicted molar refractivity (Wildman–Crippen MR) is 49.9 cm³/mol. The van der Waals surface area contributed by atoms with Gasteiger partial charge < -0.3 is 0 Å². The van der Waals surface area contributed by atoms with E-state index in [1.54, 1.807) is 0 Å². The number of nitrogens with zero attached hydrogens (tertiary/aromatic N) is 1. The fraction of sp³-hybridized carbons (Fsp3) is 0.222. The summed E-state index contributed by atoms with van der Waals surface area (Å²) in [5.41, 5.74) is 2.44. The van der Waals surface area contributed by atoms with Crippen molar-refractivity contribution in [1.82, 2.24) is 0 Å². The largest absolute Gasteiger partial charge is 0.228 e. The molecule has 0 radical (unpaired) electrons. The molecule has 0 saturated carbocycles. The van der Waals surface area contributed by atoms with Crippen LogP contribution in [-0.2, 0) is 6.54 Å². The number of benzene rings is 1. The molecular formula is C9H9NS. The lowest BCUT2D eigenvalue weighted by Crippen LogP contribution is -1.79. The van der Waals surface area contributed by atoms with Crippen molar-refractivity contribution in [3.8, 4) is 0 Å². The van der Waals surface area contributed by atoms with Gasteiger partial charge in [-0.25, -0.2) is 4.99 Å². The van der Waals surface area contributed by atoms with Crippen LogP contribution in [0.2, 0.25) is 0 Å². The van der Waals surface area contributed by atoms with Crippen LogP contribution >= 0.6 is 12.2 Å². The number of hydrogen-bond donors (Lipinski definition) is 0. The van der Waals surface area contributed by atoms with E-state index < -0.39 is 0 Å². The Kier molecular flexibility index (Phi) is 2.96. The highest BCUT2D eigenvalue weighted by Crippen LogP contribution is 2.03. The number of hydrogen-bond acceptors (Lipinski definition) is 2. The highest BCUT2D eigenvalue weighted by molar-refractivity contribution is 7.78. The third-order valence-electron chi connectivity index (χ3n) is 1.45. The van der Waals surface area contributed by atoms with Crippen LogP contribution in [0.1, 0.15) is 11.1 Å². The second-order valence-corrected chi connectivity index (χ2v) is 2.58. The normalized spacial score (nSPS) is 8.82. The molecule has 1 aromatic rings. The zero-order chi connectivity index (χ0) is 8.10. The van der Waals surface area contributed by atoms with Gasteiger partial charge in [0.25, 0.3) is 0 Å². The van der Waals surface area contributed by atoms with E-state index in [2.05, 4.69) is 41.4 Å². The SMILES string of the molecule is Cc1ccc(CN=C=S)cc1. The van der Waals surface area contributed by atoms with Crippen LogP contribution in [0.25, 0.3) is 0 Å². The molecule has 0 amide bonds. The number of aryl methyl sites for hydroxylation is 1. The maximum absolute atomic E-state index is 4.46. The number of aliphatic imine (C=N–C) groups is 1. The average molecular weight is 163 g/mol. The molecule has 0 aromatic heterocycles. The molecule has 1 rings (SSSR count). The standard InChI is InChI=1S/C9H9NS/c1-8-2-4-9(5-3-8)6-10-7-11/h2-5H,6H2,1H3. The third kappa shape index (κ3) is 2.62. The summed E-state index contributed by atoms with van der Waals surface area (Å²) in [6.07, 6.45) is 0. The van der Waals surface area contributed by atoms with E-state index in [0.717, 1.165) is 0 Å². The Morgan fingerprint density at radius 2 is 2.00 bits per heavy atom. The summed E-state index contributed by atoms with van der Waals surface area (Å²) in [6.45, 7) is 2.70. The van der Waals surface area contributed by atoms with Crippen LogP contribution in [0.5, 0.6) is 0 Å². The Labute approximate surface area is 71.8 Å². The minimum absolute atomic E-state index is 0.643. The molecule has 56 valence electrons. The summed E-state index contributed by atoms with van der Waals surface area (Å²) in [7, 11) is 0. The molecule has 0 heterocycles. The maximum Gasteiger partial charge on any atom is 0.0743 e. The van der Waals surface area contributed by atoms with E-state index in [0.29, 0.717) is 6.54 Å². The molecule has 2 heteroatoms. The maximum atomic E-state index is 4.46. The minimum Gasteiger partial charge on any atom is -0.228 e. The fourth-order valence-corrected chi connectivity index (χ4v) is 0.882. The molecule has 0 N–H and O–H groups in total. The van der Waals surface area contributed by atoms with Gasteiger partial charge in [0, 0.05) is 0 Å². The van der Waals surface area contributed by atoms with Gasteiger partial charge in [0.2, 0.25) is 0 Å². The second kappa shape index (κ2) is 4.02. The summed E-state index contributed by atoms with van der Waals surface area (Å²) in [5, 5.41) is 2.34. The first kappa shape index (κ1) is 8.12. The van der Waals surface area contributed by atoms with Gasteiger partial charge in [-0.3, -0.25) is 0 Å². The van der Waals surface area contributed by atoms with Gasteiger partial charge in [-0.15, -0.1) is 0 Å². The van der Waals surface area contributed by atoms with Crippen LogP contribution in [0.3, 0.4) is 0 Å². The first-order valence-electron chi connectivity index (χ1n) is 3.42. The molecule has 1 nitrogen and oxygen atoms in total. The van der Waals surface area contributed by atoms with Gasteiger partial charge in [0.1, 0.15) is 0 Å². The lowest BCUT2D eigenvalue weighted by molar-refractivity contribution is 1.08. The molecule has 1 aromatic carbocycles. The first-order chi connectivity index (χ1) is 5.33. The van der Waals surface area contributed by atoms with Crippen LogP contribution in [0, 0.1) is 6.92 Å². The molecule has 0 atom stereocenters. The zero-order valence-corrected chi connectivity index (χ0v) is 7.19. The smallest absolute Gasteiger partial charge is 0.0743 e. The Morgan fingerprint density at radius 1 is 1.36 bits per heavy atom. The van der Waals surface area contributed by atoms with E-state index in [1.165, 1.54) is 11.1 Å². The van der Waals surface area contributed by atoms with E-state index in [1.807, 2.05) is 12.1 Å². The predicted octanol–water partition coefficient (Wildman–Crippen LogP) is 2.60. The lowest BCUT2D eigenvalue weighted by Gasteiger charge is -1.94. The highest BCUT2D eigenvalue weighted by Gasteiger charge is 1.87. The monoisotopic (exact) mass is 163 g/mol. The lowest BCUT2D eigenvalue weighted by atomic mass is 10.1. The summed E-state index contributed by atoms with van der Waals surface area (Å²) in [5.74, 6) is 0.